The highest BCUT2D eigenvalue weighted by Gasteiger charge is 2.29. The van der Waals surface area contributed by atoms with Gasteiger partial charge >= 0.3 is 0 Å². The van der Waals surface area contributed by atoms with Crippen molar-refractivity contribution in [2.45, 2.75) is 46.4 Å². The molecule has 19 heavy (non-hydrogen) atoms. The first-order chi connectivity index (χ1) is 8.91. The Labute approximate surface area is 123 Å². The Morgan fingerprint density at radius 1 is 1.21 bits per heavy atom. The van der Waals surface area contributed by atoms with Gasteiger partial charge in [0.2, 0.25) is 0 Å². The third-order valence-electron chi connectivity index (χ3n) is 4.48. The average Bonchev–Trinajstić information content (AvgIpc) is 2.37. The molecular weight excluding hydrogens is 254 g/mol. The Hall–Kier alpha value is -0.690. The van der Waals surface area contributed by atoms with Crippen molar-refractivity contribution in [3.8, 4) is 0 Å². The highest BCUT2D eigenvalue weighted by molar-refractivity contribution is 6.17. The van der Waals surface area contributed by atoms with Crippen molar-refractivity contribution in [3.05, 3.63) is 29.3 Å². The summed E-state index contributed by atoms with van der Waals surface area (Å²) in [6.07, 6.45) is 2.61. The van der Waals surface area contributed by atoms with E-state index < -0.39 is 0 Å². The zero-order valence-electron chi connectivity index (χ0n) is 12.7. The van der Waals surface area contributed by atoms with Crippen LogP contribution in [0.1, 0.15) is 44.7 Å². The summed E-state index contributed by atoms with van der Waals surface area (Å²) in [5.74, 6) is 1.46. The number of hydrogen-bond donors (Lipinski definition) is 0. The highest BCUT2D eigenvalue weighted by atomic mass is 35.5. The van der Waals surface area contributed by atoms with Gasteiger partial charge in [-0.3, -0.25) is 0 Å². The Morgan fingerprint density at radius 2 is 1.84 bits per heavy atom. The minimum Gasteiger partial charge on any atom is -0.371 e. The van der Waals surface area contributed by atoms with Gasteiger partial charge in [-0.1, -0.05) is 32.9 Å². The standard InChI is InChI=1S/C17H26ClN/c1-13-11-14(12-18)5-6-16(13)19-9-7-15(8-10-19)17(2,3)4/h5-6,11,15H,7-10,12H2,1-4H3. The quantitative estimate of drug-likeness (QED) is 0.689. The number of anilines is 1. The predicted molar refractivity (Wildman–Crippen MR) is 85.1 cm³/mol. The van der Waals surface area contributed by atoms with E-state index in [0.717, 1.165) is 5.92 Å². The van der Waals surface area contributed by atoms with E-state index in [2.05, 4.69) is 50.8 Å². The maximum atomic E-state index is 5.89. The Kier molecular flexibility index (Phi) is 4.45. The number of nitrogens with zero attached hydrogens (tertiary/aromatic N) is 1. The monoisotopic (exact) mass is 279 g/mol. The van der Waals surface area contributed by atoms with Crippen molar-refractivity contribution >= 4 is 17.3 Å². The minimum absolute atomic E-state index is 0.448. The van der Waals surface area contributed by atoms with E-state index in [0.29, 0.717) is 11.3 Å². The second-order valence-corrected chi connectivity index (χ2v) is 7.15. The summed E-state index contributed by atoms with van der Waals surface area (Å²) in [5.41, 5.74) is 4.41. The molecule has 106 valence electrons. The summed E-state index contributed by atoms with van der Waals surface area (Å²) in [6, 6.07) is 6.62. The van der Waals surface area contributed by atoms with Gasteiger partial charge in [0, 0.05) is 24.7 Å². The third-order valence-corrected chi connectivity index (χ3v) is 4.78. The zero-order valence-corrected chi connectivity index (χ0v) is 13.4. The number of rotatable bonds is 2. The first-order valence-electron chi connectivity index (χ1n) is 7.32. The topological polar surface area (TPSA) is 3.24 Å². The number of aryl methyl sites for hydroxylation is 1. The molecular formula is C17H26ClN. The van der Waals surface area contributed by atoms with Crippen LogP contribution in [-0.4, -0.2) is 13.1 Å². The fourth-order valence-electron chi connectivity index (χ4n) is 3.14. The van der Waals surface area contributed by atoms with E-state index in [-0.39, 0.29) is 0 Å². The zero-order chi connectivity index (χ0) is 14.0. The van der Waals surface area contributed by atoms with E-state index in [4.69, 9.17) is 11.6 Å². The van der Waals surface area contributed by atoms with Gasteiger partial charge in [-0.15, -0.1) is 11.6 Å². The van der Waals surface area contributed by atoms with Crippen LogP contribution < -0.4 is 4.90 Å². The Balaban J connectivity index is 2.06. The average molecular weight is 280 g/mol. The third kappa shape index (κ3) is 3.45. The molecule has 1 aromatic rings. The van der Waals surface area contributed by atoms with E-state index in [1.165, 1.54) is 42.7 Å². The smallest absolute Gasteiger partial charge is 0.0474 e. The Morgan fingerprint density at radius 3 is 2.32 bits per heavy atom. The molecule has 0 amide bonds. The Bertz CT molecular complexity index is 425. The first-order valence-corrected chi connectivity index (χ1v) is 7.85. The number of hydrogen-bond acceptors (Lipinski definition) is 1. The molecule has 1 saturated heterocycles. The number of piperidine rings is 1. The normalized spacial score (nSPS) is 17.8. The lowest BCUT2D eigenvalue weighted by Gasteiger charge is -2.40. The van der Waals surface area contributed by atoms with Crippen LogP contribution in [0.2, 0.25) is 0 Å². The summed E-state index contributed by atoms with van der Waals surface area (Å²) in [4.78, 5) is 2.54. The lowest BCUT2D eigenvalue weighted by molar-refractivity contribution is 0.199. The SMILES string of the molecule is Cc1cc(CCl)ccc1N1CCC(C(C)(C)C)CC1. The second-order valence-electron chi connectivity index (χ2n) is 6.88. The van der Waals surface area contributed by atoms with Crippen molar-refractivity contribution in [2.75, 3.05) is 18.0 Å². The number of alkyl halides is 1. The fourth-order valence-corrected chi connectivity index (χ4v) is 3.31. The lowest BCUT2D eigenvalue weighted by atomic mass is 9.75. The molecule has 1 aromatic carbocycles. The van der Waals surface area contributed by atoms with Crippen molar-refractivity contribution in [1.29, 1.82) is 0 Å². The van der Waals surface area contributed by atoms with E-state index in [1.54, 1.807) is 0 Å². The van der Waals surface area contributed by atoms with Crippen LogP contribution >= 0.6 is 11.6 Å². The molecule has 0 atom stereocenters. The molecule has 0 aliphatic carbocycles. The van der Waals surface area contributed by atoms with Crippen LogP contribution in [0.25, 0.3) is 0 Å². The van der Waals surface area contributed by atoms with Crippen molar-refractivity contribution in [1.82, 2.24) is 0 Å². The predicted octanol–water partition coefficient (Wildman–Crippen LogP) is 5.00. The van der Waals surface area contributed by atoms with Crippen LogP contribution in [0.5, 0.6) is 0 Å². The molecule has 1 aliphatic rings. The van der Waals surface area contributed by atoms with Gasteiger partial charge in [-0.05, 0) is 48.3 Å². The summed E-state index contributed by atoms with van der Waals surface area (Å²) in [7, 11) is 0. The number of halogens is 1. The molecule has 0 aromatic heterocycles. The van der Waals surface area contributed by atoms with Gasteiger partial charge in [0.15, 0.2) is 0 Å². The van der Waals surface area contributed by atoms with Crippen LogP contribution in [0.15, 0.2) is 18.2 Å². The molecule has 0 saturated carbocycles. The lowest BCUT2D eigenvalue weighted by Crippen LogP contribution is -2.38. The molecule has 0 bridgehead atoms. The molecule has 2 heteroatoms. The summed E-state index contributed by atoms with van der Waals surface area (Å²) in [5, 5.41) is 0. The van der Waals surface area contributed by atoms with E-state index in [1.807, 2.05) is 0 Å². The largest absolute Gasteiger partial charge is 0.371 e. The van der Waals surface area contributed by atoms with Crippen molar-refractivity contribution < 1.29 is 0 Å². The molecule has 1 nitrogen and oxygen atoms in total. The number of benzene rings is 1. The van der Waals surface area contributed by atoms with Crippen LogP contribution in [0.4, 0.5) is 5.69 Å². The van der Waals surface area contributed by atoms with Gasteiger partial charge in [-0.25, -0.2) is 0 Å². The summed E-state index contributed by atoms with van der Waals surface area (Å²) < 4.78 is 0. The molecule has 2 rings (SSSR count). The molecule has 0 radical (unpaired) electrons. The maximum Gasteiger partial charge on any atom is 0.0474 e. The molecule has 0 unspecified atom stereocenters. The first kappa shape index (κ1) is 14.7. The van der Waals surface area contributed by atoms with Crippen molar-refractivity contribution in [2.24, 2.45) is 11.3 Å². The van der Waals surface area contributed by atoms with E-state index >= 15 is 0 Å². The summed E-state index contributed by atoms with van der Waals surface area (Å²) >= 11 is 5.89. The molecule has 1 fully saturated rings. The second kappa shape index (κ2) is 5.75. The van der Waals surface area contributed by atoms with Crippen LogP contribution in [0, 0.1) is 18.3 Å². The van der Waals surface area contributed by atoms with Crippen LogP contribution in [-0.2, 0) is 5.88 Å². The van der Waals surface area contributed by atoms with Crippen LogP contribution in [0.3, 0.4) is 0 Å². The minimum atomic E-state index is 0.448. The fraction of sp³-hybridized carbons (Fsp3) is 0.647. The van der Waals surface area contributed by atoms with Gasteiger partial charge < -0.3 is 4.90 Å². The molecule has 0 spiro atoms. The van der Waals surface area contributed by atoms with Gasteiger partial charge in [0.1, 0.15) is 0 Å². The molecule has 1 heterocycles. The molecule has 0 N–H and O–H groups in total. The highest BCUT2D eigenvalue weighted by Crippen LogP contribution is 2.36. The van der Waals surface area contributed by atoms with Gasteiger partial charge in [0.05, 0.1) is 0 Å². The van der Waals surface area contributed by atoms with Gasteiger partial charge in [-0.2, -0.15) is 0 Å². The maximum absolute atomic E-state index is 5.89. The summed E-state index contributed by atoms with van der Waals surface area (Å²) in [6.45, 7) is 11.7. The van der Waals surface area contributed by atoms with E-state index in [9.17, 15) is 0 Å². The molecule has 1 aliphatic heterocycles. The van der Waals surface area contributed by atoms with Gasteiger partial charge in [0.25, 0.3) is 0 Å². The van der Waals surface area contributed by atoms with Crippen molar-refractivity contribution in [3.63, 3.8) is 0 Å².